The first kappa shape index (κ1) is 74.7. The van der Waals surface area contributed by atoms with Crippen LogP contribution in [0.15, 0.2) is 35.4 Å². The molecule has 1 heterocycles. The minimum absolute atomic E-state index is 0. The van der Waals surface area contributed by atoms with Crippen LogP contribution >= 0.6 is 0 Å². The van der Waals surface area contributed by atoms with Crippen molar-refractivity contribution >= 4 is 11.4 Å². The van der Waals surface area contributed by atoms with E-state index in [0.29, 0.717) is 0 Å². The first-order valence-corrected chi connectivity index (χ1v) is 33.6. The van der Waals surface area contributed by atoms with Gasteiger partial charge >= 0.3 is 20.4 Å². The van der Waals surface area contributed by atoms with E-state index in [4.69, 9.17) is 0 Å². The van der Waals surface area contributed by atoms with Crippen molar-refractivity contribution in [1.82, 2.24) is 0 Å². The van der Waals surface area contributed by atoms with E-state index in [1.54, 1.807) is 15.8 Å². The van der Waals surface area contributed by atoms with Gasteiger partial charge in [-0.15, -0.1) is 0 Å². The van der Waals surface area contributed by atoms with Gasteiger partial charge in [0.25, 0.3) is 0 Å². The number of benzene rings is 2. The van der Waals surface area contributed by atoms with Gasteiger partial charge in [0, 0.05) is 23.1 Å². The van der Waals surface area contributed by atoms with E-state index in [1.807, 2.05) is 0 Å². The molecule has 0 atom stereocenters. The molecule has 0 N–H and O–H groups in total. The summed E-state index contributed by atoms with van der Waals surface area (Å²) in [6.07, 6.45) is 54.2. The molecule has 3 rings (SSSR count). The molecule has 0 aromatic heterocycles. The fraction of sp³-hybridized carbons (Fsp3) is 0.730. The number of aryl methyl sites for hydroxylation is 4. The van der Waals surface area contributed by atoms with Crippen molar-refractivity contribution in [1.29, 1.82) is 0 Å². The standard InChI is InChI=1S/C66H108N2.2C4H9.Pd/c1-9-17-25-26-27-28-29-30-31-32-33-34-35-42-50-64-63(47-24-16-8)65(59-51-55(43-36-18-10-2)61(48-40-22-14-6)56(52-59)44-37-19-11-3)68(67)66(64)60-53-57(45-38-20-12-4)62(49-41-23-15-7)58(54-60)46-39-21-13-5;2*1-3-4-2;/h51-54H,9-41,43-49H2,1-8H3;2*1,3-4H2,2H3;/q;2*-1;+2. The van der Waals surface area contributed by atoms with Crippen LogP contribution in [0.5, 0.6) is 0 Å². The van der Waals surface area contributed by atoms with Gasteiger partial charge in [0.15, 0.2) is 0 Å². The Labute approximate surface area is 496 Å². The molecule has 1 aliphatic rings. The molecule has 0 saturated heterocycles. The maximum atomic E-state index is 13.2. The third-order valence-corrected chi connectivity index (χ3v) is 15.8. The van der Waals surface area contributed by atoms with Gasteiger partial charge in [-0.2, -0.15) is 12.8 Å². The van der Waals surface area contributed by atoms with Crippen molar-refractivity contribution in [3.63, 3.8) is 0 Å². The zero-order valence-electron chi connectivity index (χ0n) is 53.0. The van der Waals surface area contributed by atoms with Crippen LogP contribution < -0.4 is 0 Å². The topological polar surface area (TPSA) is 25.3 Å². The number of rotatable bonds is 43. The van der Waals surface area contributed by atoms with E-state index in [2.05, 4.69) is 119 Å². The van der Waals surface area contributed by atoms with Crippen molar-refractivity contribution in [2.24, 2.45) is 0 Å². The first-order valence-electron chi connectivity index (χ1n) is 33.6. The monoisotopic (exact) mass is 1150 g/mol. The van der Waals surface area contributed by atoms with Crippen LogP contribution in [0.1, 0.15) is 358 Å². The zero-order valence-corrected chi connectivity index (χ0v) is 54.6. The third-order valence-electron chi connectivity index (χ3n) is 15.8. The molecule has 1 aliphatic heterocycles. The second kappa shape index (κ2) is 51.9. The van der Waals surface area contributed by atoms with Gasteiger partial charge in [-0.1, -0.05) is 248 Å². The fourth-order valence-electron chi connectivity index (χ4n) is 10.9. The van der Waals surface area contributed by atoms with Gasteiger partial charge in [0.2, 0.25) is 11.4 Å². The molecule has 2 nitrogen and oxygen atoms in total. The molecule has 0 bridgehead atoms. The minimum atomic E-state index is 0. The minimum Gasteiger partial charge on any atom is -0.493 e. The predicted octanol–water partition coefficient (Wildman–Crippen LogP) is 24.8. The van der Waals surface area contributed by atoms with Gasteiger partial charge < -0.3 is 19.4 Å². The van der Waals surface area contributed by atoms with E-state index < -0.39 is 0 Å². The van der Waals surface area contributed by atoms with Crippen molar-refractivity contribution in [2.45, 2.75) is 352 Å². The smallest absolute Gasteiger partial charge is 0.493 e. The molecular formula is C74H126N2Pd. The van der Waals surface area contributed by atoms with Crippen LogP contribution in [0, 0.1) is 25.7 Å². The first-order chi connectivity index (χ1) is 37.3. The Morgan fingerprint density at radius 1 is 0.351 bits per heavy atom. The number of unbranched alkanes of at least 4 members (excludes halogenated alkanes) is 27. The van der Waals surface area contributed by atoms with Gasteiger partial charge in [0.05, 0.1) is 0 Å². The maximum Gasteiger partial charge on any atom is 2.00 e. The van der Waals surface area contributed by atoms with Gasteiger partial charge in [0.1, 0.15) is 5.57 Å². The molecule has 2 aromatic carbocycles. The molecular weight excluding hydrogens is 1020 g/mol. The second-order valence-corrected chi connectivity index (χ2v) is 22.9. The zero-order chi connectivity index (χ0) is 55.9. The number of hydrogen-bond donors (Lipinski definition) is 0. The van der Waals surface area contributed by atoms with Crippen LogP contribution in [0.25, 0.3) is 16.9 Å². The molecule has 442 valence electrons. The van der Waals surface area contributed by atoms with Crippen LogP contribution in [0.2, 0.25) is 0 Å². The molecule has 0 saturated carbocycles. The maximum absolute atomic E-state index is 13.2. The van der Waals surface area contributed by atoms with Crippen molar-refractivity contribution in [2.75, 3.05) is 0 Å². The SMILES string of the molecule is CCCCCCCCCCCCCCC#CC1=C(c2cc(CCCCC)c(CCCCC)c(CCCCC)c2)[N+](=[N-])C(c2cc(CCCCC)c(CCCCC)c(CCCCC)c2)=C1CCCC.[CH2-]CCC.[CH2-]CCC.[Pd+2]. The summed E-state index contributed by atoms with van der Waals surface area (Å²) in [6, 6.07) is 10.1. The largest absolute Gasteiger partial charge is 2.00 e. The summed E-state index contributed by atoms with van der Waals surface area (Å²) < 4.78 is 1.67. The summed E-state index contributed by atoms with van der Waals surface area (Å²) in [5.74, 6) is 7.66. The summed E-state index contributed by atoms with van der Waals surface area (Å²) in [5, 5.41) is 0. The molecule has 0 fully saturated rings. The number of allylic oxidation sites excluding steroid dienone is 2. The fourth-order valence-corrected chi connectivity index (χ4v) is 10.9. The van der Waals surface area contributed by atoms with E-state index in [-0.39, 0.29) is 20.4 Å². The quantitative estimate of drug-likeness (QED) is 0.0208. The van der Waals surface area contributed by atoms with Gasteiger partial charge in [-0.05, 0) is 154 Å². The molecule has 0 amide bonds. The van der Waals surface area contributed by atoms with E-state index in [0.717, 1.165) is 87.6 Å². The Balaban J connectivity index is 0.00000597. The summed E-state index contributed by atoms with van der Waals surface area (Å²) in [6.45, 7) is 30.1. The molecule has 0 aliphatic carbocycles. The van der Waals surface area contributed by atoms with E-state index >= 15 is 0 Å². The van der Waals surface area contributed by atoms with Crippen molar-refractivity contribution in [3.05, 3.63) is 99.3 Å². The van der Waals surface area contributed by atoms with Crippen molar-refractivity contribution < 1.29 is 25.1 Å². The normalized spacial score (nSPS) is 12.1. The van der Waals surface area contributed by atoms with E-state index in [9.17, 15) is 5.53 Å². The summed E-state index contributed by atoms with van der Waals surface area (Å²) in [5.41, 5.74) is 29.3. The van der Waals surface area contributed by atoms with Crippen LogP contribution in [-0.2, 0) is 58.9 Å². The Morgan fingerprint density at radius 3 is 0.961 bits per heavy atom. The average molecular weight is 1150 g/mol. The van der Waals surface area contributed by atoms with Gasteiger partial charge in [-0.25, -0.2) is 4.70 Å². The third kappa shape index (κ3) is 31.5. The van der Waals surface area contributed by atoms with Crippen molar-refractivity contribution in [3.8, 4) is 11.8 Å². The molecule has 3 heteroatoms. The van der Waals surface area contributed by atoms with Crippen LogP contribution in [0.3, 0.4) is 0 Å². The van der Waals surface area contributed by atoms with Crippen LogP contribution in [0.4, 0.5) is 0 Å². The van der Waals surface area contributed by atoms with E-state index in [1.165, 1.54) is 251 Å². The summed E-state index contributed by atoms with van der Waals surface area (Å²) >= 11 is 0. The Kier molecular flexibility index (Phi) is 50.3. The molecule has 77 heavy (non-hydrogen) atoms. The second-order valence-electron chi connectivity index (χ2n) is 22.9. The van der Waals surface area contributed by atoms with Gasteiger partial charge in [-0.3, -0.25) is 0 Å². The van der Waals surface area contributed by atoms with Crippen LogP contribution in [-0.4, -0.2) is 4.70 Å². The molecule has 2 aromatic rings. The predicted molar refractivity (Wildman–Crippen MR) is 343 cm³/mol. The Bertz CT molecular complexity index is 1810. The molecule has 0 unspecified atom stereocenters. The average Bonchev–Trinajstić information content (AvgIpc) is 3.73. The molecule has 0 radical (unpaired) electrons. The Hall–Kier alpha value is -2.26. The Morgan fingerprint density at radius 2 is 0.636 bits per heavy atom. The summed E-state index contributed by atoms with van der Waals surface area (Å²) in [7, 11) is 0. The molecule has 0 spiro atoms. The summed E-state index contributed by atoms with van der Waals surface area (Å²) in [4.78, 5) is 0. The number of nitrogens with zero attached hydrogens (tertiary/aromatic N) is 2. The number of hydrogen-bond acceptors (Lipinski definition) is 0.